The summed E-state index contributed by atoms with van der Waals surface area (Å²) >= 11 is 12.1. The second-order valence-corrected chi connectivity index (χ2v) is 5.48. The molecule has 1 aromatic heterocycles. The lowest BCUT2D eigenvalue weighted by Crippen LogP contribution is -2.10. The second kappa shape index (κ2) is 5.94. The number of alkyl halides is 1. The number of aryl methyl sites for hydroxylation is 1. The van der Waals surface area contributed by atoms with Gasteiger partial charge >= 0.3 is 0 Å². The van der Waals surface area contributed by atoms with Crippen LogP contribution >= 0.6 is 23.2 Å². The van der Waals surface area contributed by atoms with Crippen molar-refractivity contribution in [3.8, 4) is 0 Å². The SMILES string of the molecule is CCC(C)Cn1c(CCCl)nc2c(Cl)cccc21. The summed E-state index contributed by atoms with van der Waals surface area (Å²) in [4.78, 5) is 4.64. The Balaban J connectivity index is 2.52. The van der Waals surface area contributed by atoms with Crippen LogP contribution in [0.5, 0.6) is 0 Å². The smallest absolute Gasteiger partial charge is 0.111 e. The van der Waals surface area contributed by atoms with Gasteiger partial charge in [0.2, 0.25) is 0 Å². The van der Waals surface area contributed by atoms with Gasteiger partial charge in [0.1, 0.15) is 11.3 Å². The molecule has 0 spiro atoms. The molecule has 18 heavy (non-hydrogen) atoms. The van der Waals surface area contributed by atoms with E-state index in [2.05, 4.69) is 29.5 Å². The number of halogens is 2. The van der Waals surface area contributed by atoms with Crippen LogP contribution in [0.3, 0.4) is 0 Å². The largest absolute Gasteiger partial charge is 0.328 e. The predicted octanol–water partition coefficient (Wildman–Crippen LogP) is 4.52. The Bertz CT molecular complexity index is 534. The van der Waals surface area contributed by atoms with Gasteiger partial charge in [-0.15, -0.1) is 11.6 Å². The van der Waals surface area contributed by atoms with Crippen molar-refractivity contribution in [3.63, 3.8) is 0 Å². The van der Waals surface area contributed by atoms with Crippen LogP contribution in [0.4, 0.5) is 0 Å². The highest BCUT2D eigenvalue weighted by atomic mass is 35.5. The number of benzene rings is 1. The average Bonchev–Trinajstić information content (AvgIpc) is 2.70. The summed E-state index contributed by atoms with van der Waals surface area (Å²) in [7, 11) is 0. The third-order valence-electron chi connectivity index (χ3n) is 3.32. The van der Waals surface area contributed by atoms with Gasteiger partial charge in [0, 0.05) is 18.8 Å². The summed E-state index contributed by atoms with van der Waals surface area (Å²) in [5.74, 6) is 2.24. The molecular weight excluding hydrogens is 267 g/mol. The molecular formula is C14H18Cl2N2. The Morgan fingerprint density at radius 2 is 2.17 bits per heavy atom. The number of hydrogen-bond donors (Lipinski definition) is 0. The summed E-state index contributed by atoms with van der Waals surface area (Å²) in [6.07, 6.45) is 1.93. The van der Waals surface area contributed by atoms with E-state index in [1.165, 1.54) is 0 Å². The van der Waals surface area contributed by atoms with Gasteiger partial charge in [0.25, 0.3) is 0 Å². The molecule has 2 rings (SSSR count). The number of imidazole rings is 1. The fraction of sp³-hybridized carbons (Fsp3) is 0.500. The minimum absolute atomic E-state index is 0.585. The minimum Gasteiger partial charge on any atom is -0.328 e. The maximum Gasteiger partial charge on any atom is 0.111 e. The highest BCUT2D eigenvalue weighted by molar-refractivity contribution is 6.34. The van der Waals surface area contributed by atoms with Gasteiger partial charge in [0.15, 0.2) is 0 Å². The molecule has 1 heterocycles. The number of fused-ring (bicyclic) bond motifs is 1. The van der Waals surface area contributed by atoms with E-state index in [-0.39, 0.29) is 0 Å². The van der Waals surface area contributed by atoms with Crippen LogP contribution in [-0.2, 0) is 13.0 Å². The fourth-order valence-corrected chi connectivity index (χ4v) is 2.46. The van der Waals surface area contributed by atoms with Gasteiger partial charge < -0.3 is 4.57 Å². The van der Waals surface area contributed by atoms with Crippen molar-refractivity contribution >= 4 is 34.2 Å². The topological polar surface area (TPSA) is 17.8 Å². The van der Waals surface area contributed by atoms with Crippen molar-refractivity contribution in [2.75, 3.05) is 5.88 Å². The first-order chi connectivity index (χ1) is 8.67. The van der Waals surface area contributed by atoms with Crippen molar-refractivity contribution in [1.82, 2.24) is 9.55 Å². The zero-order valence-corrected chi connectivity index (χ0v) is 12.3. The Labute approximate surface area is 118 Å². The molecule has 0 aliphatic heterocycles. The van der Waals surface area contributed by atoms with Crippen molar-refractivity contribution < 1.29 is 0 Å². The van der Waals surface area contributed by atoms with E-state index in [1.807, 2.05) is 12.1 Å². The normalized spacial score (nSPS) is 13.1. The van der Waals surface area contributed by atoms with Gasteiger partial charge in [-0.2, -0.15) is 0 Å². The minimum atomic E-state index is 0.585. The zero-order valence-electron chi connectivity index (χ0n) is 10.8. The monoisotopic (exact) mass is 284 g/mol. The molecule has 2 nitrogen and oxygen atoms in total. The van der Waals surface area contributed by atoms with Crippen LogP contribution in [-0.4, -0.2) is 15.4 Å². The molecule has 0 saturated heterocycles. The molecule has 0 bridgehead atoms. The van der Waals surface area contributed by atoms with Crippen molar-refractivity contribution in [1.29, 1.82) is 0 Å². The maximum atomic E-state index is 6.20. The van der Waals surface area contributed by atoms with Gasteiger partial charge in [0.05, 0.1) is 10.5 Å². The van der Waals surface area contributed by atoms with Crippen molar-refractivity contribution in [2.45, 2.75) is 33.2 Å². The Morgan fingerprint density at radius 1 is 1.39 bits per heavy atom. The van der Waals surface area contributed by atoms with Crippen LogP contribution in [0, 0.1) is 5.92 Å². The summed E-state index contributed by atoms with van der Waals surface area (Å²) < 4.78 is 2.26. The fourth-order valence-electron chi connectivity index (χ4n) is 2.08. The maximum absolute atomic E-state index is 6.20. The highest BCUT2D eigenvalue weighted by Gasteiger charge is 2.13. The molecule has 0 amide bonds. The molecule has 0 N–H and O–H groups in total. The third-order valence-corrected chi connectivity index (χ3v) is 3.81. The summed E-state index contributed by atoms with van der Waals surface area (Å²) in [5.41, 5.74) is 2.01. The molecule has 1 aromatic carbocycles. The number of para-hydroxylation sites is 1. The van der Waals surface area contributed by atoms with Crippen LogP contribution in [0.1, 0.15) is 26.1 Å². The number of nitrogens with zero attached hydrogens (tertiary/aromatic N) is 2. The Morgan fingerprint density at radius 3 is 2.83 bits per heavy atom. The first kappa shape index (κ1) is 13.7. The lowest BCUT2D eigenvalue weighted by Gasteiger charge is -2.13. The lowest BCUT2D eigenvalue weighted by molar-refractivity contribution is 0.466. The predicted molar refractivity (Wildman–Crippen MR) is 78.6 cm³/mol. The second-order valence-electron chi connectivity index (χ2n) is 4.70. The highest BCUT2D eigenvalue weighted by Crippen LogP contribution is 2.25. The van der Waals surface area contributed by atoms with Gasteiger partial charge in [-0.25, -0.2) is 4.98 Å². The van der Waals surface area contributed by atoms with Crippen LogP contribution in [0.2, 0.25) is 5.02 Å². The van der Waals surface area contributed by atoms with E-state index in [9.17, 15) is 0 Å². The zero-order chi connectivity index (χ0) is 13.1. The van der Waals surface area contributed by atoms with E-state index < -0.39 is 0 Å². The average molecular weight is 285 g/mol. The number of hydrogen-bond acceptors (Lipinski definition) is 1. The van der Waals surface area contributed by atoms with E-state index in [0.717, 1.165) is 36.2 Å². The quantitative estimate of drug-likeness (QED) is 0.739. The first-order valence-electron chi connectivity index (χ1n) is 6.37. The summed E-state index contributed by atoms with van der Waals surface area (Å²) in [6, 6.07) is 5.94. The molecule has 0 saturated carbocycles. The Hall–Kier alpha value is -0.730. The van der Waals surface area contributed by atoms with Crippen molar-refractivity contribution in [3.05, 3.63) is 29.0 Å². The molecule has 1 atom stereocenters. The molecule has 1 unspecified atom stereocenters. The molecule has 4 heteroatoms. The molecule has 0 fully saturated rings. The number of rotatable bonds is 5. The van der Waals surface area contributed by atoms with Gasteiger partial charge in [-0.05, 0) is 18.1 Å². The molecule has 98 valence electrons. The first-order valence-corrected chi connectivity index (χ1v) is 7.28. The van der Waals surface area contributed by atoms with Crippen molar-refractivity contribution in [2.24, 2.45) is 5.92 Å². The van der Waals surface area contributed by atoms with Gasteiger partial charge in [-0.1, -0.05) is 37.9 Å². The molecule has 2 aromatic rings. The van der Waals surface area contributed by atoms with E-state index in [4.69, 9.17) is 23.2 Å². The Kier molecular flexibility index (Phi) is 4.52. The van der Waals surface area contributed by atoms with Gasteiger partial charge in [-0.3, -0.25) is 0 Å². The molecule has 0 aliphatic carbocycles. The van der Waals surface area contributed by atoms with Crippen LogP contribution < -0.4 is 0 Å². The standard InChI is InChI=1S/C14H18Cl2N2/c1-3-10(2)9-18-12-6-4-5-11(16)14(12)17-13(18)7-8-15/h4-6,10H,3,7-9H2,1-2H3. The van der Waals surface area contributed by atoms with Crippen LogP contribution in [0.15, 0.2) is 18.2 Å². The van der Waals surface area contributed by atoms with E-state index >= 15 is 0 Å². The van der Waals surface area contributed by atoms with E-state index in [0.29, 0.717) is 16.8 Å². The molecule has 0 radical (unpaired) electrons. The number of aromatic nitrogens is 2. The third kappa shape index (κ3) is 2.65. The summed E-state index contributed by atoms with van der Waals surface area (Å²) in [6.45, 7) is 5.43. The van der Waals surface area contributed by atoms with Crippen LogP contribution in [0.25, 0.3) is 11.0 Å². The van der Waals surface area contributed by atoms with E-state index in [1.54, 1.807) is 0 Å². The summed E-state index contributed by atoms with van der Waals surface area (Å²) in [5, 5.41) is 0.714. The molecule has 0 aliphatic rings. The lowest BCUT2D eigenvalue weighted by atomic mass is 10.1.